The van der Waals surface area contributed by atoms with Crippen molar-refractivity contribution in [1.29, 1.82) is 0 Å². The van der Waals surface area contributed by atoms with E-state index in [9.17, 15) is 5.21 Å². The van der Waals surface area contributed by atoms with Crippen LogP contribution in [0.2, 0.25) is 0 Å². The molecular weight excluding hydrogens is 246 g/mol. The van der Waals surface area contributed by atoms with Crippen LogP contribution in [0, 0.1) is 5.21 Å². The zero-order valence-electron chi connectivity index (χ0n) is 11.7. The van der Waals surface area contributed by atoms with Gasteiger partial charge in [-0.15, -0.1) is 6.58 Å². The van der Waals surface area contributed by atoms with Gasteiger partial charge in [0, 0.05) is 24.5 Å². The van der Waals surface area contributed by atoms with Gasteiger partial charge in [0.15, 0.2) is 11.8 Å². The predicted molar refractivity (Wildman–Crippen MR) is 83.8 cm³/mol. The second kappa shape index (κ2) is 6.20. The van der Waals surface area contributed by atoms with Crippen LogP contribution in [-0.4, -0.2) is 11.0 Å². The fraction of sp³-hybridized carbons (Fsp3) is 0.167. The van der Waals surface area contributed by atoms with Crippen molar-refractivity contribution < 1.29 is 4.74 Å². The van der Waals surface area contributed by atoms with Crippen molar-refractivity contribution in [2.45, 2.75) is 18.9 Å². The van der Waals surface area contributed by atoms with Crippen molar-refractivity contribution in [2.75, 3.05) is 0 Å². The maximum Gasteiger partial charge on any atom is 0.198 e. The number of rotatable bonds is 5. The average Bonchev–Trinajstić information content (AvgIpc) is 2.49. The van der Waals surface area contributed by atoms with Crippen molar-refractivity contribution in [3.05, 3.63) is 89.7 Å². The molecule has 0 bridgehead atoms. The Hall–Kier alpha value is -2.35. The van der Waals surface area contributed by atoms with Gasteiger partial charge in [-0.1, -0.05) is 54.6 Å². The molecule has 2 rings (SSSR count). The molecule has 2 aromatic carbocycles. The van der Waals surface area contributed by atoms with Crippen LogP contribution in [0.3, 0.4) is 0 Å². The van der Waals surface area contributed by atoms with E-state index in [-0.39, 0.29) is 0 Å². The normalized spacial score (nSPS) is 14.6. The third-order valence-electron chi connectivity index (χ3n) is 3.49. The highest BCUT2D eigenvalue weighted by Gasteiger charge is 2.33. The Bertz CT molecular complexity index is 589. The van der Waals surface area contributed by atoms with Crippen LogP contribution in [0.5, 0.6) is 0 Å². The first-order chi connectivity index (χ1) is 9.66. The van der Waals surface area contributed by atoms with Crippen molar-refractivity contribution >= 4 is 6.21 Å². The van der Waals surface area contributed by atoms with Crippen LogP contribution in [0.1, 0.15) is 24.5 Å². The predicted octanol–water partition coefficient (Wildman–Crippen LogP) is 4.11. The highest BCUT2D eigenvalue weighted by molar-refractivity contribution is 5.75. The number of benzene rings is 2. The lowest BCUT2D eigenvalue weighted by molar-refractivity contribution is -0.549. The number of hydrogen-bond acceptors (Lipinski definition) is 1. The molecule has 0 heterocycles. The van der Waals surface area contributed by atoms with Crippen molar-refractivity contribution in [2.24, 2.45) is 0 Å². The van der Waals surface area contributed by atoms with E-state index in [1.54, 1.807) is 12.3 Å². The molecule has 0 saturated heterocycles. The smallest absolute Gasteiger partial charge is 0.198 e. The van der Waals surface area contributed by atoms with E-state index in [1.807, 2.05) is 67.6 Å². The summed E-state index contributed by atoms with van der Waals surface area (Å²) in [7, 11) is 0. The van der Waals surface area contributed by atoms with Crippen LogP contribution in [0.15, 0.2) is 73.3 Å². The van der Waals surface area contributed by atoms with Crippen LogP contribution < -0.4 is 0 Å². The van der Waals surface area contributed by atoms with Crippen LogP contribution in [0.25, 0.3) is 0 Å². The zero-order chi connectivity index (χ0) is 14.4. The van der Waals surface area contributed by atoms with Gasteiger partial charge in [0.2, 0.25) is 0 Å². The lowest BCUT2D eigenvalue weighted by atomic mass is 9.89. The lowest BCUT2D eigenvalue weighted by Gasteiger charge is -2.27. The number of nitrogens with zero attached hydrogens (tertiary/aromatic N) is 1. The van der Waals surface area contributed by atoms with Gasteiger partial charge in [-0.3, -0.25) is 0 Å². The SMILES string of the molecule is C=CCC(C)(c1ccccc1)/[N+]([O-])=C/c1ccccc1. The summed E-state index contributed by atoms with van der Waals surface area (Å²) in [5.74, 6) is 0. The van der Waals surface area contributed by atoms with Crippen molar-refractivity contribution in [3.8, 4) is 0 Å². The first-order valence-corrected chi connectivity index (χ1v) is 6.69. The Balaban J connectivity index is 2.43. The summed E-state index contributed by atoms with van der Waals surface area (Å²) >= 11 is 0. The molecule has 0 spiro atoms. The minimum Gasteiger partial charge on any atom is -0.623 e. The second-order valence-corrected chi connectivity index (χ2v) is 5.00. The third-order valence-corrected chi connectivity index (χ3v) is 3.49. The Morgan fingerprint density at radius 1 is 1.05 bits per heavy atom. The highest BCUT2D eigenvalue weighted by Crippen LogP contribution is 2.28. The summed E-state index contributed by atoms with van der Waals surface area (Å²) in [6.45, 7) is 5.72. The molecule has 0 aliphatic heterocycles. The van der Waals surface area contributed by atoms with E-state index in [2.05, 4.69) is 6.58 Å². The molecule has 0 amide bonds. The monoisotopic (exact) mass is 265 g/mol. The summed E-state index contributed by atoms with van der Waals surface area (Å²) in [6.07, 6.45) is 4.01. The molecule has 0 aliphatic carbocycles. The number of hydrogen-bond donors (Lipinski definition) is 0. The molecule has 20 heavy (non-hydrogen) atoms. The standard InChI is InChI=1S/C18H19NO/c1-3-14-18(2,17-12-8-5-9-13-17)19(20)15-16-10-6-4-7-11-16/h3-13,15H,1,14H2,2H3/b19-15-. The Kier molecular flexibility index (Phi) is 4.36. The maximum atomic E-state index is 12.6. The topological polar surface area (TPSA) is 26.1 Å². The maximum absolute atomic E-state index is 12.6. The molecule has 0 aliphatic rings. The van der Waals surface area contributed by atoms with Gasteiger partial charge in [0.25, 0.3) is 0 Å². The zero-order valence-corrected chi connectivity index (χ0v) is 11.7. The van der Waals surface area contributed by atoms with Gasteiger partial charge in [0.1, 0.15) is 0 Å². The molecule has 1 unspecified atom stereocenters. The second-order valence-electron chi connectivity index (χ2n) is 5.00. The van der Waals surface area contributed by atoms with Gasteiger partial charge in [-0.05, 0) is 12.1 Å². The summed E-state index contributed by atoms with van der Waals surface area (Å²) in [5.41, 5.74) is 1.24. The summed E-state index contributed by atoms with van der Waals surface area (Å²) in [5, 5.41) is 12.6. The minimum absolute atomic E-state index is 0.587. The van der Waals surface area contributed by atoms with E-state index in [4.69, 9.17) is 0 Å². The largest absolute Gasteiger partial charge is 0.623 e. The molecule has 0 N–H and O–H groups in total. The Labute approximate surface area is 120 Å². The van der Waals surface area contributed by atoms with E-state index in [0.29, 0.717) is 6.42 Å². The summed E-state index contributed by atoms with van der Waals surface area (Å²) < 4.78 is 1.03. The van der Waals surface area contributed by atoms with Gasteiger partial charge < -0.3 is 5.21 Å². The quantitative estimate of drug-likeness (QED) is 0.263. The number of hydroxylamine groups is 1. The Morgan fingerprint density at radius 2 is 1.60 bits per heavy atom. The first kappa shape index (κ1) is 14.1. The highest BCUT2D eigenvalue weighted by atomic mass is 16.5. The molecule has 2 heteroatoms. The van der Waals surface area contributed by atoms with Gasteiger partial charge in [0.05, 0.1) is 0 Å². The van der Waals surface area contributed by atoms with Crippen LogP contribution in [-0.2, 0) is 5.54 Å². The van der Waals surface area contributed by atoms with Gasteiger partial charge in [-0.2, -0.15) is 0 Å². The van der Waals surface area contributed by atoms with E-state index in [0.717, 1.165) is 15.9 Å². The first-order valence-electron chi connectivity index (χ1n) is 6.69. The summed E-state index contributed by atoms with van der Waals surface area (Å²) in [6, 6.07) is 19.4. The average molecular weight is 265 g/mol. The van der Waals surface area contributed by atoms with Gasteiger partial charge in [-0.25, -0.2) is 4.74 Å². The van der Waals surface area contributed by atoms with E-state index in [1.165, 1.54) is 0 Å². The van der Waals surface area contributed by atoms with Crippen molar-refractivity contribution in [1.82, 2.24) is 0 Å². The fourth-order valence-electron chi connectivity index (χ4n) is 2.23. The van der Waals surface area contributed by atoms with E-state index < -0.39 is 5.54 Å². The molecule has 0 radical (unpaired) electrons. The third kappa shape index (κ3) is 2.97. The molecule has 0 fully saturated rings. The minimum atomic E-state index is -0.640. The fourth-order valence-corrected chi connectivity index (χ4v) is 2.23. The van der Waals surface area contributed by atoms with Gasteiger partial charge >= 0.3 is 0 Å². The Morgan fingerprint density at radius 3 is 2.15 bits per heavy atom. The molecule has 0 aromatic heterocycles. The molecular formula is C18H19NO. The lowest BCUT2D eigenvalue weighted by Crippen LogP contribution is -2.33. The molecule has 102 valence electrons. The van der Waals surface area contributed by atoms with Crippen LogP contribution in [0.4, 0.5) is 0 Å². The molecule has 0 saturated carbocycles. The summed E-state index contributed by atoms with van der Waals surface area (Å²) in [4.78, 5) is 0. The molecule has 2 nitrogen and oxygen atoms in total. The van der Waals surface area contributed by atoms with Crippen LogP contribution >= 0.6 is 0 Å². The van der Waals surface area contributed by atoms with E-state index >= 15 is 0 Å². The molecule has 1 atom stereocenters. The van der Waals surface area contributed by atoms with Crippen molar-refractivity contribution in [3.63, 3.8) is 0 Å². The molecule has 2 aromatic rings.